The maximum absolute atomic E-state index is 12.4. The molecule has 0 N–H and O–H groups in total. The van der Waals surface area contributed by atoms with Gasteiger partial charge in [0.05, 0.1) is 4.92 Å². The van der Waals surface area contributed by atoms with Crippen molar-refractivity contribution in [1.82, 2.24) is 0 Å². The van der Waals surface area contributed by atoms with Crippen molar-refractivity contribution in [2.24, 2.45) is 4.99 Å². The molecule has 8 heteroatoms. The third kappa shape index (κ3) is 4.49. The molecule has 35 heavy (non-hydrogen) atoms. The minimum atomic E-state index is -0.584. The maximum Gasteiger partial charge on any atom is 0.363 e. The number of furan rings is 1. The van der Waals surface area contributed by atoms with Crippen LogP contribution >= 0.6 is 11.6 Å². The van der Waals surface area contributed by atoms with Gasteiger partial charge in [-0.25, -0.2) is 9.79 Å². The molecule has 0 radical (unpaired) electrons. The highest BCUT2D eigenvalue weighted by Gasteiger charge is 2.25. The number of ether oxygens (including phenoxy) is 1. The summed E-state index contributed by atoms with van der Waals surface area (Å²) in [5.41, 5.74) is 3.98. The average Bonchev–Trinajstić information content (AvgIpc) is 3.47. The number of benzene rings is 3. The van der Waals surface area contributed by atoms with Gasteiger partial charge in [-0.15, -0.1) is 0 Å². The molecule has 7 nitrogen and oxygen atoms in total. The quantitative estimate of drug-likeness (QED) is 0.134. The van der Waals surface area contributed by atoms with Crippen molar-refractivity contribution < 1.29 is 18.9 Å². The van der Waals surface area contributed by atoms with Gasteiger partial charge >= 0.3 is 5.97 Å². The molecule has 5 rings (SSSR count). The fourth-order valence-electron chi connectivity index (χ4n) is 3.75. The van der Waals surface area contributed by atoms with Crippen LogP contribution in [0.25, 0.3) is 28.5 Å². The Labute approximate surface area is 205 Å². The number of esters is 1. The van der Waals surface area contributed by atoms with Crippen LogP contribution in [0.3, 0.4) is 0 Å². The number of hydrogen-bond donors (Lipinski definition) is 0. The Balaban J connectivity index is 1.39. The van der Waals surface area contributed by atoms with Gasteiger partial charge in [0.15, 0.2) is 5.70 Å². The summed E-state index contributed by atoms with van der Waals surface area (Å²) in [7, 11) is 0. The minimum Gasteiger partial charge on any atom is -0.457 e. The maximum atomic E-state index is 12.4. The predicted octanol–water partition coefficient (Wildman–Crippen LogP) is 6.83. The van der Waals surface area contributed by atoms with Gasteiger partial charge in [-0.2, -0.15) is 0 Å². The molecule has 0 saturated carbocycles. The van der Waals surface area contributed by atoms with Crippen LogP contribution in [-0.2, 0) is 9.53 Å². The lowest BCUT2D eigenvalue weighted by Gasteiger charge is -2.04. The van der Waals surface area contributed by atoms with Gasteiger partial charge in [-0.05, 0) is 53.9 Å². The Hall–Kier alpha value is -4.49. The highest BCUT2D eigenvalue weighted by atomic mass is 35.5. The Kier molecular flexibility index (Phi) is 5.76. The Morgan fingerprint density at radius 1 is 0.943 bits per heavy atom. The first-order valence-electron chi connectivity index (χ1n) is 10.6. The number of carbonyl (C=O) groups excluding carboxylic acids is 1. The molecule has 0 fully saturated rings. The van der Waals surface area contributed by atoms with Gasteiger partial charge in [0.1, 0.15) is 16.5 Å². The van der Waals surface area contributed by atoms with Gasteiger partial charge in [0.25, 0.3) is 5.69 Å². The molecule has 172 valence electrons. The zero-order chi connectivity index (χ0) is 24.5. The second-order valence-corrected chi connectivity index (χ2v) is 8.26. The third-order valence-corrected chi connectivity index (χ3v) is 5.82. The number of aryl methyl sites for hydroxylation is 1. The molecule has 1 aliphatic heterocycles. The number of nitro groups is 1. The predicted molar refractivity (Wildman–Crippen MR) is 133 cm³/mol. The van der Waals surface area contributed by atoms with Crippen LogP contribution in [0.4, 0.5) is 5.69 Å². The lowest BCUT2D eigenvalue weighted by Crippen LogP contribution is -2.05. The summed E-state index contributed by atoms with van der Waals surface area (Å²) in [6.07, 6.45) is 1.49. The first-order valence-corrected chi connectivity index (χ1v) is 11.0. The van der Waals surface area contributed by atoms with Gasteiger partial charge in [-0.3, -0.25) is 10.1 Å². The topological polar surface area (TPSA) is 94.9 Å². The van der Waals surface area contributed by atoms with Crippen LogP contribution in [0.2, 0.25) is 5.02 Å². The van der Waals surface area contributed by atoms with Crippen molar-refractivity contribution >= 4 is 35.2 Å². The van der Waals surface area contributed by atoms with Crippen LogP contribution < -0.4 is 0 Å². The van der Waals surface area contributed by atoms with E-state index in [0.717, 1.165) is 11.1 Å². The van der Waals surface area contributed by atoms with Crippen LogP contribution in [0.1, 0.15) is 16.9 Å². The lowest BCUT2D eigenvalue weighted by molar-refractivity contribution is -0.384. The summed E-state index contributed by atoms with van der Waals surface area (Å²) in [4.78, 5) is 27.3. The third-order valence-electron chi connectivity index (χ3n) is 5.52. The zero-order valence-electron chi connectivity index (χ0n) is 18.4. The first-order chi connectivity index (χ1) is 16.9. The highest BCUT2D eigenvalue weighted by molar-refractivity contribution is 6.33. The molecule has 0 saturated heterocycles. The Morgan fingerprint density at radius 2 is 1.63 bits per heavy atom. The van der Waals surface area contributed by atoms with Gasteiger partial charge < -0.3 is 9.15 Å². The molecule has 0 unspecified atom stereocenters. The molecule has 1 aromatic heterocycles. The van der Waals surface area contributed by atoms with Gasteiger partial charge in [-0.1, -0.05) is 54.1 Å². The normalized spacial score (nSPS) is 14.2. The number of nitrogens with zero attached hydrogens (tertiary/aromatic N) is 2. The monoisotopic (exact) mass is 484 g/mol. The Morgan fingerprint density at radius 3 is 2.34 bits per heavy atom. The number of aliphatic imine (C=N–C) groups is 1. The van der Waals surface area contributed by atoms with E-state index in [2.05, 4.69) is 4.99 Å². The number of cyclic esters (lactones) is 1. The molecule has 0 aliphatic carbocycles. The van der Waals surface area contributed by atoms with E-state index in [4.69, 9.17) is 20.8 Å². The molecule has 4 aromatic rings. The Bertz CT molecular complexity index is 1520. The van der Waals surface area contributed by atoms with E-state index in [9.17, 15) is 14.9 Å². The van der Waals surface area contributed by atoms with E-state index in [0.29, 0.717) is 28.2 Å². The molecule has 0 bridgehead atoms. The van der Waals surface area contributed by atoms with Crippen molar-refractivity contribution in [3.8, 4) is 22.5 Å². The van der Waals surface area contributed by atoms with Crippen LogP contribution in [0.15, 0.2) is 94.0 Å². The molecule has 0 amide bonds. The standard InChI is InChI=1S/C27H17ClN2O5/c1-16-13-24(30(32)33)22(28)15-21(16)25-12-11-20(34-25)14-23-27(31)35-26(29-23)19-9-7-18(8-10-19)17-5-3-2-4-6-17/h2-15H,1H3/b23-14-. The van der Waals surface area contributed by atoms with Gasteiger partial charge in [0.2, 0.25) is 5.90 Å². The van der Waals surface area contributed by atoms with E-state index < -0.39 is 10.9 Å². The minimum absolute atomic E-state index is 0.0128. The van der Waals surface area contributed by atoms with Crippen molar-refractivity contribution in [3.05, 3.63) is 117 Å². The summed E-state index contributed by atoms with van der Waals surface area (Å²) in [5.74, 6) is 0.466. The van der Waals surface area contributed by atoms with Crippen LogP contribution in [0.5, 0.6) is 0 Å². The fourth-order valence-corrected chi connectivity index (χ4v) is 3.98. The highest BCUT2D eigenvalue weighted by Crippen LogP contribution is 2.34. The molecule has 2 heterocycles. The number of rotatable bonds is 5. The molecule has 1 aliphatic rings. The zero-order valence-corrected chi connectivity index (χ0v) is 19.2. The number of halogens is 1. The van der Waals surface area contributed by atoms with Crippen molar-refractivity contribution in [2.75, 3.05) is 0 Å². The summed E-state index contributed by atoms with van der Waals surface area (Å²) in [6, 6.07) is 23.8. The van der Waals surface area contributed by atoms with Crippen LogP contribution in [-0.4, -0.2) is 16.8 Å². The molecular formula is C27H17ClN2O5. The van der Waals surface area contributed by atoms with Crippen molar-refractivity contribution in [1.29, 1.82) is 0 Å². The number of nitro benzene ring substituents is 1. The molecule has 0 spiro atoms. The molecule has 0 atom stereocenters. The van der Waals surface area contributed by atoms with Crippen molar-refractivity contribution in [3.63, 3.8) is 0 Å². The van der Waals surface area contributed by atoms with E-state index in [-0.39, 0.29) is 22.3 Å². The largest absolute Gasteiger partial charge is 0.457 e. The summed E-state index contributed by atoms with van der Waals surface area (Å²) in [6.45, 7) is 1.73. The van der Waals surface area contributed by atoms with E-state index in [1.54, 1.807) is 19.1 Å². The summed E-state index contributed by atoms with van der Waals surface area (Å²) >= 11 is 6.05. The fraction of sp³-hybridized carbons (Fsp3) is 0.0370. The number of hydrogen-bond acceptors (Lipinski definition) is 6. The second kappa shape index (κ2) is 9.04. The van der Waals surface area contributed by atoms with E-state index in [1.807, 2.05) is 54.6 Å². The summed E-state index contributed by atoms with van der Waals surface area (Å²) < 4.78 is 11.2. The summed E-state index contributed by atoms with van der Waals surface area (Å²) in [5, 5.41) is 11.1. The first kappa shape index (κ1) is 22.3. The SMILES string of the molecule is Cc1cc([N+](=O)[O-])c(Cl)cc1-c1ccc(/C=C2\N=C(c3ccc(-c4ccccc4)cc3)OC2=O)o1. The van der Waals surface area contributed by atoms with Gasteiger partial charge in [0, 0.05) is 23.3 Å². The lowest BCUT2D eigenvalue weighted by atomic mass is 10.0. The van der Waals surface area contributed by atoms with Crippen molar-refractivity contribution in [2.45, 2.75) is 6.92 Å². The smallest absolute Gasteiger partial charge is 0.363 e. The van der Waals surface area contributed by atoms with E-state index >= 15 is 0 Å². The number of carbonyl (C=O) groups is 1. The molecular weight excluding hydrogens is 468 g/mol. The van der Waals surface area contributed by atoms with E-state index in [1.165, 1.54) is 18.2 Å². The average molecular weight is 485 g/mol. The second-order valence-electron chi connectivity index (χ2n) is 7.86. The van der Waals surface area contributed by atoms with Crippen LogP contribution in [0, 0.1) is 17.0 Å². The molecule has 3 aromatic carbocycles.